The van der Waals surface area contributed by atoms with E-state index in [9.17, 15) is 4.79 Å². The van der Waals surface area contributed by atoms with Crippen LogP contribution in [0.25, 0.3) is 0 Å². The quantitative estimate of drug-likeness (QED) is 0.887. The number of hydrogen-bond donors (Lipinski definition) is 1. The van der Waals surface area contributed by atoms with Gasteiger partial charge >= 0.3 is 5.97 Å². The Labute approximate surface area is 89.4 Å². The predicted molar refractivity (Wildman–Crippen MR) is 52.4 cm³/mol. The summed E-state index contributed by atoms with van der Waals surface area (Å²) in [5.41, 5.74) is 0.192. The Hall–Kier alpha value is -0.840. The molecule has 1 aromatic rings. The van der Waals surface area contributed by atoms with Crippen molar-refractivity contribution >= 4 is 21.9 Å². The molecular weight excluding hydrogens is 250 g/mol. The molecule has 1 aliphatic rings. The van der Waals surface area contributed by atoms with Gasteiger partial charge in [-0.2, -0.15) is 0 Å². The van der Waals surface area contributed by atoms with Gasteiger partial charge in [-0.05, 0) is 28.8 Å². The number of carboxylic acids is 1. The minimum absolute atomic E-state index is 0.192. The van der Waals surface area contributed by atoms with Crippen LogP contribution in [0.5, 0.6) is 0 Å². The maximum absolute atomic E-state index is 10.9. The van der Waals surface area contributed by atoms with Crippen LogP contribution in [0.2, 0.25) is 0 Å². The highest BCUT2D eigenvalue weighted by Crippen LogP contribution is 2.37. The molecule has 5 heteroatoms. The summed E-state index contributed by atoms with van der Waals surface area (Å²) < 4.78 is 5.36. The van der Waals surface area contributed by atoms with Crippen molar-refractivity contribution in [1.82, 2.24) is 5.16 Å². The number of aromatic carboxylic acids is 1. The summed E-state index contributed by atoms with van der Waals surface area (Å²) in [5.74, 6) is -0.207. The number of nitrogens with zero attached hydrogens (tertiary/aromatic N) is 1. The topological polar surface area (TPSA) is 63.3 Å². The van der Waals surface area contributed by atoms with Crippen LogP contribution in [-0.2, 0) is 0 Å². The first-order chi connectivity index (χ1) is 6.70. The zero-order valence-corrected chi connectivity index (χ0v) is 9.08. The molecule has 14 heavy (non-hydrogen) atoms. The van der Waals surface area contributed by atoms with E-state index in [0.717, 1.165) is 25.7 Å². The van der Waals surface area contributed by atoms with Gasteiger partial charge in [-0.15, -0.1) is 0 Å². The van der Waals surface area contributed by atoms with Crippen LogP contribution in [0, 0.1) is 0 Å². The number of carboxylic acid groups (broad SMARTS) is 1. The molecule has 0 spiro atoms. The van der Waals surface area contributed by atoms with Crippen molar-refractivity contribution in [2.45, 2.75) is 31.6 Å². The van der Waals surface area contributed by atoms with E-state index in [1.54, 1.807) is 0 Å². The first-order valence-corrected chi connectivity index (χ1v) is 5.38. The molecule has 0 aromatic carbocycles. The summed E-state index contributed by atoms with van der Waals surface area (Å²) in [6.07, 6.45) is 4.29. The lowest BCUT2D eigenvalue weighted by Crippen LogP contribution is -2.02. The second-order valence-corrected chi connectivity index (χ2v) is 4.25. The Balaban J connectivity index is 2.37. The van der Waals surface area contributed by atoms with Crippen LogP contribution >= 0.6 is 15.9 Å². The minimum Gasteiger partial charge on any atom is -0.477 e. The normalized spacial score (nSPS) is 17.5. The van der Waals surface area contributed by atoms with Crippen molar-refractivity contribution in [2.24, 2.45) is 0 Å². The fourth-order valence-electron chi connectivity index (χ4n) is 1.94. The van der Waals surface area contributed by atoms with Gasteiger partial charge in [-0.1, -0.05) is 18.0 Å². The van der Waals surface area contributed by atoms with Gasteiger partial charge in [0.25, 0.3) is 0 Å². The van der Waals surface area contributed by atoms with Gasteiger partial charge in [0.2, 0.25) is 0 Å². The highest BCUT2D eigenvalue weighted by molar-refractivity contribution is 9.10. The van der Waals surface area contributed by atoms with Crippen molar-refractivity contribution in [2.75, 3.05) is 0 Å². The molecule has 1 aromatic heterocycles. The van der Waals surface area contributed by atoms with E-state index in [4.69, 9.17) is 9.63 Å². The molecule has 76 valence electrons. The number of aromatic nitrogens is 1. The number of hydrogen-bond acceptors (Lipinski definition) is 3. The molecule has 0 saturated heterocycles. The first kappa shape index (κ1) is 9.71. The van der Waals surface area contributed by atoms with Crippen molar-refractivity contribution < 1.29 is 14.4 Å². The molecule has 2 rings (SSSR count). The maximum Gasteiger partial charge on any atom is 0.342 e. The van der Waals surface area contributed by atoms with E-state index < -0.39 is 5.97 Å². The Morgan fingerprint density at radius 2 is 2.14 bits per heavy atom. The van der Waals surface area contributed by atoms with Crippen LogP contribution < -0.4 is 0 Å². The average molecular weight is 260 g/mol. The summed E-state index contributed by atoms with van der Waals surface area (Å²) in [7, 11) is 0. The monoisotopic (exact) mass is 259 g/mol. The Morgan fingerprint density at radius 3 is 2.71 bits per heavy atom. The maximum atomic E-state index is 10.9. The first-order valence-electron chi connectivity index (χ1n) is 4.58. The lowest BCUT2D eigenvalue weighted by atomic mass is 10.0. The van der Waals surface area contributed by atoms with Crippen LogP contribution in [0.4, 0.5) is 0 Å². The molecule has 4 nitrogen and oxygen atoms in total. The van der Waals surface area contributed by atoms with E-state index in [-0.39, 0.29) is 11.5 Å². The number of carbonyl (C=O) groups is 1. The molecule has 0 amide bonds. The summed E-state index contributed by atoms with van der Waals surface area (Å²) in [6.45, 7) is 0. The molecule has 0 atom stereocenters. The Bertz CT molecular complexity index is 355. The van der Waals surface area contributed by atoms with Gasteiger partial charge in [0.1, 0.15) is 5.56 Å². The third kappa shape index (κ3) is 1.56. The van der Waals surface area contributed by atoms with Crippen LogP contribution in [0.1, 0.15) is 47.7 Å². The molecule has 0 bridgehead atoms. The van der Waals surface area contributed by atoms with Crippen molar-refractivity contribution in [3.8, 4) is 0 Å². The van der Waals surface area contributed by atoms with E-state index >= 15 is 0 Å². The van der Waals surface area contributed by atoms with E-state index in [1.165, 1.54) is 0 Å². The SMILES string of the molecule is O=C(O)c1c(Br)noc1C1CCCC1. The van der Waals surface area contributed by atoms with Gasteiger partial charge in [0.15, 0.2) is 10.4 Å². The molecule has 1 fully saturated rings. The molecule has 1 aliphatic carbocycles. The lowest BCUT2D eigenvalue weighted by Gasteiger charge is -2.04. The third-order valence-electron chi connectivity index (χ3n) is 2.62. The molecule has 1 N–H and O–H groups in total. The van der Waals surface area contributed by atoms with Gasteiger partial charge < -0.3 is 9.63 Å². The van der Waals surface area contributed by atoms with Gasteiger partial charge in [0, 0.05) is 5.92 Å². The standard InChI is InChI=1S/C9H10BrNO3/c10-8-6(9(12)13)7(14-11-8)5-3-1-2-4-5/h5H,1-4H2,(H,12,13). The summed E-state index contributed by atoms with van der Waals surface area (Å²) >= 11 is 3.08. The van der Waals surface area contributed by atoms with Crippen LogP contribution in [0.3, 0.4) is 0 Å². The fraction of sp³-hybridized carbons (Fsp3) is 0.556. The second kappa shape index (κ2) is 3.73. The molecule has 0 radical (unpaired) electrons. The number of halogens is 1. The third-order valence-corrected chi connectivity index (χ3v) is 3.16. The molecular formula is C9H10BrNO3. The van der Waals surface area contributed by atoms with Crippen LogP contribution in [-0.4, -0.2) is 16.2 Å². The van der Waals surface area contributed by atoms with Gasteiger partial charge in [-0.3, -0.25) is 0 Å². The predicted octanol–water partition coefficient (Wildman–Crippen LogP) is 2.79. The van der Waals surface area contributed by atoms with Crippen molar-refractivity contribution in [3.63, 3.8) is 0 Å². The molecule has 1 heterocycles. The van der Waals surface area contributed by atoms with Gasteiger partial charge in [0.05, 0.1) is 0 Å². The molecule has 0 aliphatic heterocycles. The average Bonchev–Trinajstić information content (AvgIpc) is 2.70. The highest BCUT2D eigenvalue weighted by atomic mass is 79.9. The number of rotatable bonds is 2. The fourth-order valence-corrected chi connectivity index (χ4v) is 2.38. The summed E-state index contributed by atoms with van der Waals surface area (Å²) in [6, 6.07) is 0. The Kier molecular flexibility index (Phi) is 2.58. The zero-order valence-electron chi connectivity index (χ0n) is 7.49. The lowest BCUT2D eigenvalue weighted by molar-refractivity contribution is 0.0692. The van der Waals surface area contributed by atoms with E-state index in [0.29, 0.717) is 10.4 Å². The van der Waals surface area contributed by atoms with E-state index in [2.05, 4.69) is 21.1 Å². The second-order valence-electron chi connectivity index (χ2n) is 3.50. The summed E-state index contributed by atoms with van der Waals surface area (Å²) in [4.78, 5) is 10.9. The Morgan fingerprint density at radius 1 is 1.50 bits per heavy atom. The minimum atomic E-state index is -0.972. The zero-order chi connectivity index (χ0) is 10.1. The van der Waals surface area contributed by atoms with Crippen molar-refractivity contribution in [3.05, 3.63) is 15.9 Å². The van der Waals surface area contributed by atoms with Crippen LogP contribution in [0.15, 0.2) is 9.13 Å². The van der Waals surface area contributed by atoms with Gasteiger partial charge in [-0.25, -0.2) is 4.79 Å². The smallest absolute Gasteiger partial charge is 0.342 e. The highest BCUT2D eigenvalue weighted by Gasteiger charge is 2.29. The molecule has 1 saturated carbocycles. The summed E-state index contributed by atoms with van der Waals surface area (Å²) in [5, 5.41) is 12.6. The van der Waals surface area contributed by atoms with Crippen molar-refractivity contribution in [1.29, 1.82) is 0 Å². The molecule has 0 unspecified atom stereocenters. The van der Waals surface area contributed by atoms with E-state index in [1.807, 2.05) is 0 Å². The largest absolute Gasteiger partial charge is 0.477 e.